The molecule has 4 bridgehead atoms. The van der Waals surface area contributed by atoms with Crippen molar-refractivity contribution in [1.29, 1.82) is 0 Å². The third kappa shape index (κ3) is 3.85. The molecule has 6 aliphatic rings. The Morgan fingerprint density at radius 3 is 2.00 bits per heavy atom. The maximum atomic E-state index is 5.81. The summed E-state index contributed by atoms with van der Waals surface area (Å²) >= 11 is 0. The minimum Gasteiger partial charge on any atom is -0.244 e. The zero-order valence-electron chi connectivity index (χ0n) is 31.4. The van der Waals surface area contributed by atoms with Crippen LogP contribution in [0.4, 0.5) is 0 Å². The maximum Gasteiger partial charge on any atom is 0.113 e. The Hall–Kier alpha value is -5.38. The first-order valence-corrected chi connectivity index (χ1v) is 23.6. The lowest BCUT2D eigenvalue weighted by atomic mass is 9.42. The molecule has 55 heavy (non-hydrogen) atoms. The van der Waals surface area contributed by atoms with Crippen LogP contribution in [0.2, 0.25) is 13.1 Å². The average molecular weight is 723 g/mol. The first kappa shape index (κ1) is 30.9. The number of rotatable bonds is 2. The Labute approximate surface area is 323 Å². The molecule has 4 fully saturated rings. The van der Waals surface area contributed by atoms with Crippen molar-refractivity contribution in [2.75, 3.05) is 0 Å². The van der Waals surface area contributed by atoms with Crippen molar-refractivity contribution in [2.24, 2.45) is 23.7 Å². The molecular weight excluding hydrogens is 681 g/mol. The number of aromatic nitrogens is 2. The minimum absolute atomic E-state index is 0.0230. The predicted octanol–water partition coefficient (Wildman–Crippen LogP) is 11.8. The lowest BCUT2D eigenvalue weighted by Crippen LogP contribution is -2.56. The quantitative estimate of drug-likeness (QED) is 0.131. The molecule has 0 atom stereocenters. The second kappa shape index (κ2) is 10.7. The third-order valence-electron chi connectivity index (χ3n) is 15.2. The molecule has 2 heterocycles. The molecule has 1 spiro atoms. The Balaban J connectivity index is 1.22. The van der Waals surface area contributed by atoms with Crippen LogP contribution in [0.1, 0.15) is 43.2 Å². The van der Waals surface area contributed by atoms with Crippen molar-refractivity contribution >= 4 is 51.0 Å². The van der Waals surface area contributed by atoms with Gasteiger partial charge in [0.25, 0.3) is 0 Å². The van der Waals surface area contributed by atoms with Crippen LogP contribution >= 0.6 is 0 Å². The fraction of sp³-hybridized carbons (Fsp3) is 0.231. The summed E-state index contributed by atoms with van der Waals surface area (Å²) in [4.78, 5) is 11.4. The summed E-state index contributed by atoms with van der Waals surface area (Å²) in [6, 6.07) is 50.4. The number of benzene rings is 7. The maximum absolute atomic E-state index is 5.81. The molecule has 14 rings (SSSR count). The molecule has 0 N–H and O–H groups in total. The summed E-state index contributed by atoms with van der Waals surface area (Å²) in [5.74, 6) is 3.03. The first-order valence-electron chi connectivity index (χ1n) is 20.6. The number of nitrogens with zero attached hydrogens (tertiary/aromatic N) is 2. The highest BCUT2D eigenvalue weighted by Gasteiger charge is 2.64. The van der Waals surface area contributed by atoms with E-state index in [0.717, 1.165) is 45.2 Å². The highest BCUT2D eigenvalue weighted by atomic mass is 28.3. The van der Waals surface area contributed by atoms with E-state index in [2.05, 4.69) is 147 Å². The van der Waals surface area contributed by atoms with Gasteiger partial charge in [0.1, 0.15) is 8.07 Å². The fourth-order valence-electron chi connectivity index (χ4n) is 13.3. The third-order valence-corrected chi connectivity index (χ3v) is 18.7. The van der Waals surface area contributed by atoms with Gasteiger partial charge >= 0.3 is 0 Å². The van der Waals surface area contributed by atoms with E-state index in [9.17, 15) is 0 Å². The molecule has 4 saturated carbocycles. The van der Waals surface area contributed by atoms with Crippen LogP contribution in [0, 0.1) is 23.7 Å². The highest BCUT2D eigenvalue weighted by molar-refractivity contribution is 7.03. The summed E-state index contributed by atoms with van der Waals surface area (Å²) in [6.07, 6.45) is 6.86. The van der Waals surface area contributed by atoms with Gasteiger partial charge in [-0.2, -0.15) is 0 Å². The molecule has 0 unspecified atom stereocenters. The molecule has 7 aromatic carbocycles. The van der Waals surface area contributed by atoms with Crippen molar-refractivity contribution in [2.45, 2.75) is 50.6 Å². The van der Waals surface area contributed by atoms with Crippen LogP contribution < -0.4 is 10.4 Å². The average Bonchev–Trinajstić information content (AvgIpc) is 3.66. The molecule has 2 nitrogen and oxygen atoms in total. The van der Waals surface area contributed by atoms with Gasteiger partial charge in [-0.15, -0.1) is 0 Å². The zero-order chi connectivity index (χ0) is 36.2. The molecule has 1 aromatic heterocycles. The molecule has 0 saturated heterocycles. The number of hydrogen-bond acceptors (Lipinski definition) is 2. The standard InChI is InChI=1S/C52H42N2Si/c1-55(2)43-19-11-10-18-39(43)46-44(55)23-21-40-45-41(51-49(33-13-4-3-5-14-33)53-42-22-20-32-12-6-9-17-38(32)50(42)54-51)29-34-15-7-8-16-37(34)47(45)52(48(40)46)35-25-30-24-31(27-35)28-36(52)26-30/h3-23,29-31,35-36H,24-28H2,1-2H3. The number of hydrogen-bond donors (Lipinski definition) is 0. The second-order valence-corrected chi connectivity index (χ2v) is 22.4. The van der Waals surface area contributed by atoms with E-state index in [-0.39, 0.29) is 5.41 Å². The summed E-state index contributed by atoms with van der Waals surface area (Å²) in [5.41, 5.74) is 15.5. The van der Waals surface area contributed by atoms with E-state index in [1.165, 1.54) is 70.5 Å². The van der Waals surface area contributed by atoms with E-state index in [4.69, 9.17) is 9.97 Å². The van der Waals surface area contributed by atoms with Crippen molar-refractivity contribution in [3.8, 4) is 44.8 Å². The van der Waals surface area contributed by atoms with Gasteiger partial charge in [-0.25, -0.2) is 9.97 Å². The van der Waals surface area contributed by atoms with Crippen molar-refractivity contribution in [1.82, 2.24) is 9.97 Å². The Kier molecular flexibility index (Phi) is 6.00. The van der Waals surface area contributed by atoms with Crippen molar-refractivity contribution < 1.29 is 0 Å². The van der Waals surface area contributed by atoms with Crippen LogP contribution in [0.5, 0.6) is 0 Å². The lowest BCUT2D eigenvalue weighted by molar-refractivity contribution is -0.0391. The summed E-state index contributed by atoms with van der Waals surface area (Å²) in [6.45, 7) is 5.19. The van der Waals surface area contributed by atoms with Gasteiger partial charge in [0.2, 0.25) is 0 Å². The van der Waals surface area contributed by atoms with Crippen molar-refractivity contribution in [3.05, 3.63) is 145 Å². The number of fused-ring (bicyclic) bond motifs is 12. The highest BCUT2D eigenvalue weighted by Crippen LogP contribution is 2.72. The van der Waals surface area contributed by atoms with E-state index < -0.39 is 8.07 Å². The SMILES string of the molecule is C[Si]1(C)c2ccccc2-c2c1ccc1c2C2(c3c-1c(-c1nc4c(ccc5ccccc54)nc1-c1ccccc1)cc1ccccc31)C1CC3CC(C1)CC2C3. The fourth-order valence-corrected chi connectivity index (χ4v) is 16.4. The molecular formula is C52H42N2Si. The lowest BCUT2D eigenvalue weighted by Gasteiger charge is -2.61. The van der Waals surface area contributed by atoms with Gasteiger partial charge in [-0.3, -0.25) is 0 Å². The summed E-state index contributed by atoms with van der Waals surface area (Å²) in [7, 11) is -1.91. The Morgan fingerprint density at radius 1 is 0.509 bits per heavy atom. The van der Waals surface area contributed by atoms with Crippen LogP contribution in [0.3, 0.4) is 0 Å². The van der Waals surface area contributed by atoms with Gasteiger partial charge in [0.15, 0.2) is 0 Å². The molecule has 0 radical (unpaired) electrons. The molecule has 5 aliphatic carbocycles. The smallest absolute Gasteiger partial charge is 0.113 e. The van der Waals surface area contributed by atoms with Crippen molar-refractivity contribution in [3.63, 3.8) is 0 Å². The molecule has 1 aliphatic heterocycles. The largest absolute Gasteiger partial charge is 0.244 e. The topological polar surface area (TPSA) is 25.8 Å². The summed E-state index contributed by atoms with van der Waals surface area (Å²) in [5, 5.41) is 8.37. The molecule has 3 heteroatoms. The van der Waals surface area contributed by atoms with Crippen LogP contribution in [0.25, 0.3) is 77.3 Å². The van der Waals surface area contributed by atoms with Gasteiger partial charge in [-0.05, 0) is 128 Å². The second-order valence-electron chi connectivity index (χ2n) is 18.1. The van der Waals surface area contributed by atoms with Gasteiger partial charge in [0.05, 0.1) is 22.4 Å². The molecule has 0 amide bonds. The Morgan fingerprint density at radius 2 is 1.20 bits per heavy atom. The zero-order valence-corrected chi connectivity index (χ0v) is 32.4. The normalized spacial score (nSPS) is 24.8. The van der Waals surface area contributed by atoms with Crippen LogP contribution in [-0.2, 0) is 5.41 Å². The minimum atomic E-state index is -1.91. The molecule has 264 valence electrons. The van der Waals surface area contributed by atoms with Gasteiger partial charge < -0.3 is 0 Å². The van der Waals surface area contributed by atoms with E-state index in [1.807, 2.05) is 0 Å². The monoisotopic (exact) mass is 722 g/mol. The van der Waals surface area contributed by atoms with E-state index in [1.54, 1.807) is 27.1 Å². The van der Waals surface area contributed by atoms with Gasteiger partial charge in [0, 0.05) is 21.9 Å². The molecule has 8 aromatic rings. The van der Waals surface area contributed by atoms with Crippen LogP contribution in [-0.4, -0.2) is 18.0 Å². The summed E-state index contributed by atoms with van der Waals surface area (Å²) < 4.78 is 0. The first-order chi connectivity index (χ1) is 27.0. The van der Waals surface area contributed by atoms with E-state index in [0.29, 0.717) is 11.8 Å². The predicted molar refractivity (Wildman–Crippen MR) is 231 cm³/mol. The Bertz CT molecular complexity index is 2950. The van der Waals surface area contributed by atoms with Gasteiger partial charge in [-0.1, -0.05) is 134 Å². The van der Waals surface area contributed by atoms with Crippen LogP contribution in [0.15, 0.2) is 133 Å². The van der Waals surface area contributed by atoms with E-state index >= 15 is 0 Å².